The van der Waals surface area contributed by atoms with E-state index >= 15 is 0 Å². The second-order valence-corrected chi connectivity index (χ2v) is 7.76. The number of anilines is 1. The number of H-pyrrole nitrogens is 1. The summed E-state index contributed by atoms with van der Waals surface area (Å²) in [7, 11) is 0. The highest BCUT2D eigenvalue weighted by Crippen LogP contribution is 2.38. The van der Waals surface area contributed by atoms with Crippen LogP contribution in [0.3, 0.4) is 0 Å². The SMILES string of the molecule is C=Cc1c(F)cc2[nH]ncc2c1-c1ccc2nc(NC(=O)[C@@H]3C[C@@H]3F)sc2c1. The zero-order chi connectivity index (χ0) is 19.4. The maximum Gasteiger partial charge on any atom is 0.232 e. The van der Waals surface area contributed by atoms with Crippen LogP contribution < -0.4 is 5.32 Å². The Hall–Kier alpha value is -3.13. The summed E-state index contributed by atoms with van der Waals surface area (Å²) in [5.74, 6) is -1.30. The van der Waals surface area contributed by atoms with Crippen LogP contribution in [-0.4, -0.2) is 27.3 Å². The van der Waals surface area contributed by atoms with E-state index in [9.17, 15) is 13.6 Å². The molecule has 0 saturated heterocycles. The Morgan fingerprint density at radius 2 is 2.21 bits per heavy atom. The third kappa shape index (κ3) is 2.68. The van der Waals surface area contributed by atoms with Crippen LogP contribution >= 0.6 is 11.3 Å². The highest BCUT2D eigenvalue weighted by atomic mass is 32.1. The monoisotopic (exact) mass is 396 g/mol. The van der Waals surface area contributed by atoms with E-state index in [0.29, 0.717) is 27.3 Å². The topological polar surface area (TPSA) is 70.7 Å². The van der Waals surface area contributed by atoms with Gasteiger partial charge in [0.05, 0.1) is 27.8 Å². The molecule has 0 spiro atoms. The van der Waals surface area contributed by atoms with Crippen molar-refractivity contribution >= 4 is 49.6 Å². The van der Waals surface area contributed by atoms with Crippen LogP contribution in [0.2, 0.25) is 0 Å². The number of thiazole rings is 1. The summed E-state index contributed by atoms with van der Waals surface area (Å²) in [5, 5.41) is 10.7. The Morgan fingerprint density at radius 3 is 2.96 bits per heavy atom. The molecule has 0 bridgehead atoms. The average molecular weight is 396 g/mol. The van der Waals surface area contributed by atoms with Gasteiger partial charge in [0.1, 0.15) is 12.0 Å². The van der Waals surface area contributed by atoms with Gasteiger partial charge in [-0.2, -0.15) is 5.10 Å². The van der Waals surface area contributed by atoms with Crippen molar-refractivity contribution in [3.8, 4) is 11.1 Å². The zero-order valence-electron chi connectivity index (χ0n) is 14.5. The number of halogens is 2. The summed E-state index contributed by atoms with van der Waals surface area (Å²) in [4.78, 5) is 16.3. The van der Waals surface area contributed by atoms with Crippen LogP contribution in [-0.2, 0) is 4.79 Å². The lowest BCUT2D eigenvalue weighted by Gasteiger charge is -2.09. The highest BCUT2D eigenvalue weighted by molar-refractivity contribution is 7.22. The summed E-state index contributed by atoms with van der Waals surface area (Å²) in [5.41, 5.74) is 3.19. The molecule has 0 aliphatic heterocycles. The van der Waals surface area contributed by atoms with Gasteiger partial charge in [-0.25, -0.2) is 13.8 Å². The van der Waals surface area contributed by atoms with E-state index in [1.165, 1.54) is 23.5 Å². The molecule has 1 amide bonds. The number of nitrogens with one attached hydrogen (secondary N) is 2. The van der Waals surface area contributed by atoms with Crippen molar-refractivity contribution in [2.24, 2.45) is 5.92 Å². The molecular weight excluding hydrogens is 382 g/mol. The van der Waals surface area contributed by atoms with Crippen molar-refractivity contribution in [1.29, 1.82) is 0 Å². The number of carbonyl (C=O) groups is 1. The molecule has 2 aromatic heterocycles. The van der Waals surface area contributed by atoms with E-state index in [4.69, 9.17) is 0 Å². The molecule has 2 heterocycles. The summed E-state index contributed by atoms with van der Waals surface area (Å²) >= 11 is 1.30. The summed E-state index contributed by atoms with van der Waals surface area (Å²) in [6.45, 7) is 3.74. The van der Waals surface area contributed by atoms with Gasteiger partial charge in [0.2, 0.25) is 5.91 Å². The van der Waals surface area contributed by atoms with Crippen molar-refractivity contribution in [1.82, 2.24) is 15.2 Å². The number of rotatable bonds is 4. The van der Waals surface area contributed by atoms with Crippen molar-refractivity contribution in [3.05, 3.63) is 48.4 Å². The molecule has 0 unspecified atom stereocenters. The molecule has 5 rings (SSSR count). The average Bonchev–Trinajstić information content (AvgIpc) is 3.05. The van der Waals surface area contributed by atoms with Crippen LogP contribution in [0.4, 0.5) is 13.9 Å². The molecule has 2 atom stereocenters. The minimum atomic E-state index is -1.05. The predicted molar refractivity (Wildman–Crippen MR) is 106 cm³/mol. The Kier molecular flexibility index (Phi) is 3.77. The van der Waals surface area contributed by atoms with Gasteiger partial charge in [0.15, 0.2) is 5.13 Å². The number of fused-ring (bicyclic) bond motifs is 2. The van der Waals surface area contributed by atoms with Gasteiger partial charge in [-0.1, -0.05) is 30.1 Å². The zero-order valence-corrected chi connectivity index (χ0v) is 15.3. The number of amides is 1. The standard InChI is InChI=1S/C20H14F2N4OS/c1-2-10-14(22)7-16-12(8-23-26-16)18(10)9-3-4-15-17(5-9)28-20(24-15)25-19(27)11-6-13(11)21/h2-5,7-8,11,13H,1,6H2,(H,23,26)(H,24,25,27)/t11-,13+/m1/s1. The van der Waals surface area contributed by atoms with Gasteiger partial charge in [-0.3, -0.25) is 9.89 Å². The smallest absolute Gasteiger partial charge is 0.232 e. The molecule has 2 N–H and O–H groups in total. The molecule has 140 valence electrons. The highest BCUT2D eigenvalue weighted by Gasteiger charge is 2.43. The molecule has 8 heteroatoms. The van der Waals surface area contributed by atoms with Gasteiger partial charge in [-0.15, -0.1) is 0 Å². The van der Waals surface area contributed by atoms with E-state index in [1.807, 2.05) is 18.2 Å². The van der Waals surface area contributed by atoms with Crippen molar-refractivity contribution in [3.63, 3.8) is 0 Å². The lowest BCUT2D eigenvalue weighted by atomic mass is 9.95. The number of hydrogen-bond acceptors (Lipinski definition) is 4. The fourth-order valence-corrected chi connectivity index (χ4v) is 4.26. The molecule has 4 aromatic rings. The largest absolute Gasteiger partial charge is 0.302 e. The number of carbonyl (C=O) groups excluding carboxylic acids is 1. The second-order valence-electron chi connectivity index (χ2n) is 6.73. The fourth-order valence-electron chi connectivity index (χ4n) is 3.35. The molecule has 28 heavy (non-hydrogen) atoms. The minimum absolute atomic E-state index is 0.269. The molecule has 1 fully saturated rings. The summed E-state index contributed by atoms with van der Waals surface area (Å²) < 4.78 is 28.4. The molecular formula is C20H14F2N4OS. The number of alkyl halides is 1. The van der Waals surface area contributed by atoms with E-state index in [1.54, 1.807) is 6.20 Å². The van der Waals surface area contributed by atoms with Gasteiger partial charge < -0.3 is 5.32 Å². The minimum Gasteiger partial charge on any atom is -0.302 e. The maximum atomic E-state index is 14.5. The van der Waals surface area contributed by atoms with Crippen LogP contribution in [0, 0.1) is 11.7 Å². The fraction of sp³-hybridized carbons (Fsp3) is 0.150. The molecule has 1 saturated carbocycles. The third-order valence-corrected chi connectivity index (χ3v) is 5.83. The second kappa shape index (κ2) is 6.20. The maximum absolute atomic E-state index is 14.5. The molecule has 2 aromatic carbocycles. The molecule has 5 nitrogen and oxygen atoms in total. The number of hydrogen-bond donors (Lipinski definition) is 2. The Balaban J connectivity index is 1.59. The van der Waals surface area contributed by atoms with Crippen LogP contribution in [0.15, 0.2) is 37.0 Å². The predicted octanol–water partition coefficient (Wildman–Crippen LogP) is 4.92. The Morgan fingerprint density at radius 1 is 1.39 bits per heavy atom. The molecule has 1 aliphatic carbocycles. The Labute approximate surface area is 162 Å². The van der Waals surface area contributed by atoms with Crippen molar-refractivity contribution in [2.75, 3.05) is 5.32 Å². The van der Waals surface area contributed by atoms with E-state index < -0.39 is 12.1 Å². The number of aromatic amines is 1. The van der Waals surface area contributed by atoms with Gasteiger partial charge >= 0.3 is 0 Å². The van der Waals surface area contributed by atoms with E-state index in [2.05, 4.69) is 27.1 Å². The normalized spacial score (nSPS) is 18.5. The first kappa shape index (κ1) is 17.0. The summed E-state index contributed by atoms with van der Waals surface area (Å²) in [6.07, 6.45) is 2.36. The Bertz CT molecular complexity index is 1260. The van der Waals surface area contributed by atoms with E-state index in [-0.39, 0.29) is 18.1 Å². The third-order valence-electron chi connectivity index (χ3n) is 4.90. The van der Waals surface area contributed by atoms with Crippen LogP contribution in [0.25, 0.3) is 38.3 Å². The van der Waals surface area contributed by atoms with Crippen molar-refractivity contribution in [2.45, 2.75) is 12.6 Å². The van der Waals surface area contributed by atoms with Gasteiger partial charge in [-0.05, 0) is 24.1 Å². The first-order valence-corrected chi connectivity index (χ1v) is 9.50. The number of aromatic nitrogens is 3. The van der Waals surface area contributed by atoms with Gasteiger partial charge in [0.25, 0.3) is 0 Å². The lowest BCUT2D eigenvalue weighted by Crippen LogP contribution is -2.14. The molecule has 1 aliphatic rings. The van der Waals surface area contributed by atoms with Crippen molar-refractivity contribution < 1.29 is 13.6 Å². The first-order chi connectivity index (χ1) is 13.5. The molecule has 0 radical (unpaired) electrons. The number of nitrogens with zero attached hydrogens (tertiary/aromatic N) is 2. The van der Waals surface area contributed by atoms with Crippen LogP contribution in [0.1, 0.15) is 12.0 Å². The first-order valence-electron chi connectivity index (χ1n) is 8.69. The van der Waals surface area contributed by atoms with E-state index in [0.717, 1.165) is 15.6 Å². The summed E-state index contributed by atoms with van der Waals surface area (Å²) in [6, 6.07) is 6.96. The number of benzene rings is 2. The van der Waals surface area contributed by atoms with Crippen LogP contribution in [0.5, 0.6) is 0 Å². The van der Waals surface area contributed by atoms with Gasteiger partial charge in [0, 0.05) is 22.6 Å². The lowest BCUT2D eigenvalue weighted by molar-refractivity contribution is -0.117. The quantitative estimate of drug-likeness (QED) is 0.514.